The summed E-state index contributed by atoms with van der Waals surface area (Å²) in [5.41, 5.74) is 5.16. The van der Waals surface area contributed by atoms with E-state index in [9.17, 15) is 13.8 Å². The van der Waals surface area contributed by atoms with Gasteiger partial charge < -0.3 is 16.4 Å². The van der Waals surface area contributed by atoms with Crippen LogP contribution < -0.4 is 16.4 Å². The molecule has 0 bridgehead atoms. The van der Waals surface area contributed by atoms with Crippen molar-refractivity contribution < 1.29 is 13.8 Å². The van der Waals surface area contributed by atoms with Gasteiger partial charge in [0.05, 0.1) is 0 Å². The highest BCUT2D eigenvalue weighted by atomic mass is 32.2. The fraction of sp³-hybridized carbons (Fsp3) is 0.750. The zero-order chi connectivity index (χ0) is 11.8. The molecule has 0 radical (unpaired) electrons. The highest BCUT2D eigenvalue weighted by molar-refractivity contribution is 7.84. The Hall–Kier alpha value is -0.950. The number of rotatable bonds is 5. The fourth-order valence-electron chi connectivity index (χ4n) is 0.949. The van der Waals surface area contributed by atoms with Gasteiger partial charge in [0.2, 0.25) is 0 Å². The fourth-order valence-corrected chi connectivity index (χ4v) is 1.74. The van der Waals surface area contributed by atoms with Crippen molar-refractivity contribution in [1.29, 1.82) is 0 Å². The largest absolute Gasteiger partial charge is 0.347 e. The topological polar surface area (TPSA) is 101 Å². The van der Waals surface area contributed by atoms with Gasteiger partial charge in [0.1, 0.15) is 0 Å². The first-order chi connectivity index (χ1) is 6.97. The maximum absolute atomic E-state index is 11.2. The van der Waals surface area contributed by atoms with Crippen LogP contribution >= 0.6 is 0 Å². The minimum absolute atomic E-state index is 0.264. The summed E-state index contributed by atoms with van der Waals surface area (Å²) in [5.74, 6) is -1.11. The second-order valence-corrected chi connectivity index (χ2v) is 4.64. The normalized spacial score (nSPS) is 14.1. The monoisotopic (exact) mass is 235 g/mol. The summed E-state index contributed by atoms with van der Waals surface area (Å²) in [6.07, 6.45) is 1.54. The van der Waals surface area contributed by atoms with E-state index in [1.807, 2.05) is 0 Å². The molecule has 0 aromatic rings. The van der Waals surface area contributed by atoms with E-state index < -0.39 is 22.6 Å². The minimum atomic E-state index is -0.997. The first-order valence-corrected chi connectivity index (χ1v) is 6.29. The van der Waals surface area contributed by atoms with E-state index in [-0.39, 0.29) is 19.1 Å². The first-order valence-electron chi connectivity index (χ1n) is 4.56. The second-order valence-electron chi connectivity index (χ2n) is 3.16. The third kappa shape index (κ3) is 7.03. The molecule has 15 heavy (non-hydrogen) atoms. The molecular weight excluding hydrogens is 218 g/mol. The molecule has 0 saturated heterocycles. The molecule has 0 spiro atoms. The van der Waals surface area contributed by atoms with Gasteiger partial charge in [-0.25, -0.2) is 0 Å². The molecule has 2 atom stereocenters. The molecule has 0 saturated carbocycles. The van der Waals surface area contributed by atoms with Gasteiger partial charge in [-0.15, -0.1) is 0 Å². The number of hydrogen-bond acceptors (Lipinski definition) is 4. The Morgan fingerprint density at radius 2 is 2.00 bits per heavy atom. The average molecular weight is 235 g/mol. The smallest absolute Gasteiger partial charge is 0.309 e. The number of hydrogen-bond donors (Lipinski definition) is 3. The predicted molar refractivity (Wildman–Crippen MR) is 58.6 cm³/mol. The summed E-state index contributed by atoms with van der Waals surface area (Å²) in [7, 11) is -0.997. The minimum Gasteiger partial charge on any atom is -0.347 e. The van der Waals surface area contributed by atoms with E-state index in [2.05, 4.69) is 10.6 Å². The molecule has 4 N–H and O–H groups in total. The lowest BCUT2D eigenvalue weighted by molar-refractivity contribution is -0.139. The summed E-state index contributed by atoms with van der Waals surface area (Å²) in [4.78, 5) is 22.2. The standard InChI is InChI=1S/C8H17N3O3S/c1-6(5-15(2)14)11-8(13)7(12)10-4-3-9/h6H,3-5,9H2,1-2H3,(H,10,12)(H,11,13). The summed E-state index contributed by atoms with van der Waals surface area (Å²) < 4.78 is 10.8. The maximum Gasteiger partial charge on any atom is 0.309 e. The summed E-state index contributed by atoms with van der Waals surface area (Å²) in [5, 5.41) is 4.77. The van der Waals surface area contributed by atoms with E-state index in [0.29, 0.717) is 5.75 Å². The van der Waals surface area contributed by atoms with Crippen molar-refractivity contribution in [2.75, 3.05) is 25.1 Å². The van der Waals surface area contributed by atoms with Gasteiger partial charge in [0.25, 0.3) is 0 Å². The van der Waals surface area contributed by atoms with Gasteiger partial charge in [-0.1, -0.05) is 0 Å². The predicted octanol–water partition coefficient (Wildman–Crippen LogP) is -2.06. The molecule has 0 aromatic heterocycles. The van der Waals surface area contributed by atoms with Gasteiger partial charge in [-0.2, -0.15) is 0 Å². The van der Waals surface area contributed by atoms with Crippen molar-refractivity contribution >= 4 is 22.6 Å². The number of carbonyl (C=O) groups excluding carboxylic acids is 2. The van der Waals surface area contributed by atoms with Gasteiger partial charge >= 0.3 is 11.8 Å². The van der Waals surface area contributed by atoms with Crippen molar-refractivity contribution in [2.24, 2.45) is 5.73 Å². The molecule has 0 aliphatic rings. The number of carbonyl (C=O) groups is 2. The Kier molecular flexibility index (Phi) is 6.89. The molecule has 0 aromatic carbocycles. The van der Waals surface area contributed by atoms with Crippen molar-refractivity contribution in [3.63, 3.8) is 0 Å². The third-order valence-corrected chi connectivity index (χ3v) is 2.47. The Balaban J connectivity index is 3.90. The van der Waals surface area contributed by atoms with E-state index >= 15 is 0 Å². The molecule has 2 amide bonds. The Labute approximate surface area is 91.4 Å². The summed E-state index contributed by atoms with van der Waals surface area (Å²) >= 11 is 0. The van der Waals surface area contributed by atoms with Crippen LogP contribution in [0.3, 0.4) is 0 Å². The number of nitrogens with two attached hydrogens (primary N) is 1. The Bertz CT molecular complexity index is 258. The average Bonchev–Trinajstić information content (AvgIpc) is 2.12. The zero-order valence-corrected chi connectivity index (χ0v) is 9.73. The zero-order valence-electron chi connectivity index (χ0n) is 8.91. The number of amides is 2. The maximum atomic E-state index is 11.2. The lowest BCUT2D eigenvalue weighted by Gasteiger charge is -2.11. The van der Waals surface area contributed by atoms with Crippen molar-refractivity contribution in [3.8, 4) is 0 Å². The molecule has 0 aliphatic heterocycles. The highest BCUT2D eigenvalue weighted by Crippen LogP contribution is 1.85. The first kappa shape index (κ1) is 14.1. The molecule has 0 rings (SSSR count). The Morgan fingerprint density at radius 1 is 1.40 bits per heavy atom. The van der Waals surface area contributed by atoms with Crippen LogP contribution in [0.1, 0.15) is 6.92 Å². The third-order valence-electron chi connectivity index (χ3n) is 1.50. The molecule has 6 nitrogen and oxygen atoms in total. The lowest BCUT2D eigenvalue weighted by Crippen LogP contribution is -2.46. The van der Waals surface area contributed by atoms with Crippen molar-refractivity contribution in [2.45, 2.75) is 13.0 Å². The summed E-state index contributed by atoms with van der Waals surface area (Å²) in [6, 6.07) is -0.285. The van der Waals surface area contributed by atoms with E-state index in [1.54, 1.807) is 6.92 Å². The van der Waals surface area contributed by atoms with Crippen LogP contribution in [0, 0.1) is 0 Å². The van der Waals surface area contributed by atoms with Gasteiger partial charge in [-0.3, -0.25) is 13.8 Å². The SMILES string of the molecule is CC(CS(C)=O)NC(=O)C(=O)NCCN. The van der Waals surface area contributed by atoms with Gasteiger partial charge in [0, 0.05) is 41.9 Å². The van der Waals surface area contributed by atoms with Gasteiger partial charge in [-0.05, 0) is 6.92 Å². The van der Waals surface area contributed by atoms with Crippen LogP contribution in [-0.4, -0.2) is 47.2 Å². The molecule has 88 valence electrons. The van der Waals surface area contributed by atoms with Crippen molar-refractivity contribution in [3.05, 3.63) is 0 Å². The molecule has 2 unspecified atom stereocenters. The van der Waals surface area contributed by atoms with Crippen molar-refractivity contribution in [1.82, 2.24) is 10.6 Å². The quantitative estimate of drug-likeness (QED) is 0.477. The van der Waals surface area contributed by atoms with E-state index in [1.165, 1.54) is 6.26 Å². The summed E-state index contributed by atoms with van der Waals surface area (Å²) in [6.45, 7) is 2.24. The second kappa shape index (κ2) is 7.36. The molecule has 0 aliphatic carbocycles. The van der Waals surface area contributed by atoms with E-state index in [0.717, 1.165) is 0 Å². The molecule has 0 heterocycles. The Morgan fingerprint density at radius 3 is 2.47 bits per heavy atom. The molecular formula is C8H17N3O3S. The number of nitrogens with one attached hydrogen (secondary N) is 2. The van der Waals surface area contributed by atoms with Gasteiger partial charge in [0.15, 0.2) is 0 Å². The van der Waals surface area contributed by atoms with Crippen LogP contribution in [-0.2, 0) is 20.4 Å². The molecule has 0 fully saturated rings. The van der Waals surface area contributed by atoms with E-state index in [4.69, 9.17) is 5.73 Å². The van der Waals surface area contributed by atoms with Crippen LogP contribution in [0.15, 0.2) is 0 Å². The van der Waals surface area contributed by atoms with Crippen LogP contribution in [0.5, 0.6) is 0 Å². The van der Waals surface area contributed by atoms with Crippen LogP contribution in [0.2, 0.25) is 0 Å². The van der Waals surface area contributed by atoms with Crippen LogP contribution in [0.4, 0.5) is 0 Å². The lowest BCUT2D eigenvalue weighted by atomic mass is 10.4. The highest BCUT2D eigenvalue weighted by Gasteiger charge is 2.15. The van der Waals surface area contributed by atoms with Crippen LogP contribution in [0.25, 0.3) is 0 Å². The molecule has 7 heteroatoms.